The molecule has 1 rings (SSSR count). The van der Waals surface area contributed by atoms with Crippen LogP contribution in [0.15, 0.2) is 29.3 Å². The SMILES string of the molecule is CCN(CCNC(=NCC(=O)N(C)C)NCCOC)c1cccc(C)c1. The molecule has 26 heavy (non-hydrogen) atoms. The summed E-state index contributed by atoms with van der Waals surface area (Å²) in [5, 5.41) is 6.47. The van der Waals surface area contributed by atoms with E-state index in [2.05, 4.69) is 58.6 Å². The molecule has 0 radical (unpaired) electrons. The molecular weight excluding hydrogens is 330 g/mol. The molecule has 0 saturated carbocycles. The van der Waals surface area contributed by atoms with Gasteiger partial charge in [-0.3, -0.25) is 4.79 Å². The predicted octanol–water partition coefficient (Wildman–Crippen LogP) is 1.09. The summed E-state index contributed by atoms with van der Waals surface area (Å²) in [6, 6.07) is 8.48. The van der Waals surface area contributed by atoms with Crippen molar-refractivity contribution in [3.05, 3.63) is 29.8 Å². The highest BCUT2D eigenvalue weighted by molar-refractivity contribution is 5.84. The summed E-state index contributed by atoms with van der Waals surface area (Å²) >= 11 is 0. The highest BCUT2D eigenvalue weighted by Gasteiger charge is 2.07. The lowest BCUT2D eigenvalue weighted by atomic mass is 10.2. The molecule has 1 aromatic carbocycles. The third-order valence-corrected chi connectivity index (χ3v) is 3.89. The third kappa shape index (κ3) is 8.20. The van der Waals surface area contributed by atoms with Crippen LogP contribution in [-0.2, 0) is 9.53 Å². The molecular formula is C19H33N5O2. The zero-order chi connectivity index (χ0) is 19.4. The minimum Gasteiger partial charge on any atom is -0.383 e. The first kappa shape index (κ1) is 21.8. The van der Waals surface area contributed by atoms with Crippen LogP contribution in [0.1, 0.15) is 12.5 Å². The molecule has 1 aromatic rings. The molecule has 0 bridgehead atoms. The van der Waals surface area contributed by atoms with Gasteiger partial charge in [0.2, 0.25) is 5.91 Å². The van der Waals surface area contributed by atoms with Crippen LogP contribution >= 0.6 is 0 Å². The Labute approximate surface area is 157 Å². The summed E-state index contributed by atoms with van der Waals surface area (Å²) in [5.74, 6) is 0.588. The van der Waals surface area contributed by atoms with E-state index in [-0.39, 0.29) is 12.5 Å². The van der Waals surface area contributed by atoms with E-state index in [1.54, 1.807) is 21.2 Å². The van der Waals surface area contributed by atoms with E-state index >= 15 is 0 Å². The Kier molecular flexibility index (Phi) is 10.2. The second kappa shape index (κ2) is 12.1. The molecule has 0 aliphatic carbocycles. The molecule has 0 heterocycles. The summed E-state index contributed by atoms with van der Waals surface area (Å²) in [6.45, 7) is 8.05. The first-order chi connectivity index (χ1) is 12.5. The van der Waals surface area contributed by atoms with Gasteiger partial charge in [0.15, 0.2) is 5.96 Å². The summed E-state index contributed by atoms with van der Waals surface area (Å²) in [4.78, 5) is 19.9. The van der Waals surface area contributed by atoms with Crippen molar-refractivity contribution in [2.24, 2.45) is 4.99 Å². The number of aryl methyl sites for hydroxylation is 1. The number of carbonyl (C=O) groups excluding carboxylic acids is 1. The van der Waals surface area contributed by atoms with Gasteiger partial charge in [0.05, 0.1) is 6.61 Å². The fourth-order valence-electron chi connectivity index (χ4n) is 2.34. The van der Waals surface area contributed by atoms with E-state index in [9.17, 15) is 4.79 Å². The van der Waals surface area contributed by atoms with Crippen LogP contribution in [0.5, 0.6) is 0 Å². The van der Waals surface area contributed by atoms with Gasteiger partial charge in [-0.2, -0.15) is 0 Å². The molecule has 7 nitrogen and oxygen atoms in total. The fraction of sp³-hybridized carbons (Fsp3) is 0.579. The summed E-state index contributed by atoms with van der Waals surface area (Å²) in [5.41, 5.74) is 2.46. The number of carbonyl (C=O) groups is 1. The van der Waals surface area contributed by atoms with Gasteiger partial charge >= 0.3 is 0 Å². The lowest BCUT2D eigenvalue weighted by Crippen LogP contribution is -2.43. The van der Waals surface area contributed by atoms with Gasteiger partial charge in [-0.1, -0.05) is 12.1 Å². The molecule has 0 aliphatic rings. The zero-order valence-electron chi connectivity index (χ0n) is 16.7. The Morgan fingerprint density at radius 2 is 1.96 bits per heavy atom. The number of aliphatic imine (C=N–C) groups is 1. The number of nitrogens with zero attached hydrogens (tertiary/aromatic N) is 3. The maximum absolute atomic E-state index is 11.8. The van der Waals surface area contributed by atoms with Crippen LogP contribution in [0.3, 0.4) is 0 Å². The van der Waals surface area contributed by atoms with E-state index in [1.807, 2.05) is 0 Å². The average Bonchev–Trinajstić information content (AvgIpc) is 2.62. The van der Waals surface area contributed by atoms with Gasteiger partial charge < -0.3 is 25.2 Å². The quantitative estimate of drug-likeness (QED) is 0.370. The molecule has 0 atom stereocenters. The number of guanidine groups is 1. The average molecular weight is 364 g/mol. The number of benzene rings is 1. The van der Waals surface area contributed by atoms with E-state index in [1.165, 1.54) is 16.2 Å². The lowest BCUT2D eigenvalue weighted by molar-refractivity contribution is -0.127. The largest absolute Gasteiger partial charge is 0.383 e. The van der Waals surface area contributed by atoms with Gasteiger partial charge in [0.1, 0.15) is 6.54 Å². The van der Waals surface area contributed by atoms with Crippen molar-refractivity contribution in [1.82, 2.24) is 15.5 Å². The summed E-state index contributed by atoms with van der Waals surface area (Å²) in [6.07, 6.45) is 0. The minimum atomic E-state index is -0.0345. The second-order valence-corrected chi connectivity index (χ2v) is 6.22. The normalized spacial score (nSPS) is 11.2. The van der Waals surface area contributed by atoms with Crippen molar-refractivity contribution in [1.29, 1.82) is 0 Å². The van der Waals surface area contributed by atoms with Crippen molar-refractivity contribution in [3.63, 3.8) is 0 Å². The molecule has 146 valence electrons. The van der Waals surface area contributed by atoms with Crippen molar-refractivity contribution in [3.8, 4) is 0 Å². The number of rotatable bonds is 10. The van der Waals surface area contributed by atoms with E-state index < -0.39 is 0 Å². The molecule has 0 fully saturated rings. The monoisotopic (exact) mass is 363 g/mol. The smallest absolute Gasteiger partial charge is 0.243 e. The zero-order valence-corrected chi connectivity index (χ0v) is 16.7. The lowest BCUT2D eigenvalue weighted by Gasteiger charge is -2.24. The van der Waals surface area contributed by atoms with Crippen molar-refractivity contribution < 1.29 is 9.53 Å². The predicted molar refractivity (Wildman–Crippen MR) is 108 cm³/mol. The summed E-state index contributed by atoms with van der Waals surface area (Å²) < 4.78 is 5.06. The van der Waals surface area contributed by atoms with Gasteiger partial charge in [-0.25, -0.2) is 4.99 Å². The molecule has 7 heteroatoms. The first-order valence-electron chi connectivity index (χ1n) is 9.00. The fourth-order valence-corrected chi connectivity index (χ4v) is 2.34. The van der Waals surface area contributed by atoms with Gasteiger partial charge in [0.25, 0.3) is 0 Å². The molecule has 0 spiro atoms. The standard InChI is InChI=1S/C19H33N5O2/c1-6-24(17-9-7-8-16(2)14-17)12-10-20-19(21-11-13-26-5)22-15-18(25)23(3)4/h7-9,14H,6,10-13,15H2,1-5H3,(H2,20,21,22). The molecule has 0 aromatic heterocycles. The van der Waals surface area contributed by atoms with Crippen LogP contribution in [0, 0.1) is 6.92 Å². The number of hydrogen-bond acceptors (Lipinski definition) is 4. The Bertz CT molecular complexity index is 575. The highest BCUT2D eigenvalue weighted by atomic mass is 16.5. The van der Waals surface area contributed by atoms with Crippen LogP contribution < -0.4 is 15.5 Å². The van der Waals surface area contributed by atoms with Crippen LogP contribution in [0.4, 0.5) is 5.69 Å². The molecule has 0 aliphatic heterocycles. The van der Waals surface area contributed by atoms with Gasteiger partial charge in [-0.05, 0) is 31.5 Å². The van der Waals surface area contributed by atoms with Gasteiger partial charge in [0, 0.05) is 53.1 Å². The Balaban J connectivity index is 2.60. The van der Waals surface area contributed by atoms with E-state index in [0.29, 0.717) is 19.1 Å². The van der Waals surface area contributed by atoms with Crippen LogP contribution in [-0.4, -0.2) is 77.3 Å². The number of methoxy groups -OCH3 is 1. The van der Waals surface area contributed by atoms with Crippen molar-refractivity contribution >= 4 is 17.6 Å². The number of likely N-dealkylation sites (N-methyl/N-ethyl adjacent to an activating group) is 2. The minimum absolute atomic E-state index is 0.0345. The number of nitrogens with one attached hydrogen (secondary N) is 2. The van der Waals surface area contributed by atoms with E-state index in [0.717, 1.165) is 19.6 Å². The highest BCUT2D eigenvalue weighted by Crippen LogP contribution is 2.14. The number of amides is 1. The molecule has 0 saturated heterocycles. The molecule has 0 unspecified atom stereocenters. The Morgan fingerprint density at radius 1 is 1.23 bits per heavy atom. The number of ether oxygens (including phenoxy) is 1. The maximum atomic E-state index is 11.8. The van der Waals surface area contributed by atoms with Crippen LogP contribution in [0.2, 0.25) is 0 Å². The number of anilines is 1. The van der Waals surface area contributed by atoms with Crippen molar-refractivity contribution in [2.75, 3.05) is 65.4 Å². The van der Waals surface area contributed by atoms with Crippen molar-refractivity contribution in [2.45, 2.75) is 13.8 Å². The molecule has 1 amide bonds. The first-order valence-corrected chi connectivity index (χ1v) is 9.00. The Morgan fingerprint density at radius 3 is 2.58 bits per heavy atom. The second-order valence-electron chi connectivity index (χ2n) is 6.22. The Hall–Kier alpha value is -2.28. The topological polar surface area (TPSA) is 69.2 Å². The summed E-state index contributed by atoms with van der Waals surface area (Å²) in [7, 11) is 5.11. The third-order valence-electron chi connectivity index (χ3n) is 3.89. The van der Waals surface area contributed by atoms with E-state index in [4.69, 9.17) is 4.74 Å². The maximum Gasteiger partial charge on any atom is 0.243 e. The van der Waals surface area contributed by atoms with Crippen LogP contribution in [0.25, 0.3) is 0 Å². The molecule has 2 N–H and O–H groups in total. The van der Waals surface area contributed by atoms with Gasteiger partial charge in [-0.15, -0.1) is 0 Å². The number of hydrogen-bond donors (Lipinski definition) is 2.